The molecule has 2 aromatic carbocycles. The van der Waals surface area contributed by atoms with Crippen molar-refractivity contribution in [3.8, 4) is 0 Å². The number of nitrogens with zero attached hydrogens (tertiary/aromatic N) is 2. The van der Waals surface area contributed by atoms with E-state index in [0.717, 1.165) is 5.56 Å². The molecule has 0 spiro atoms. The highest BCUT2D eigenvalue weighted by atomic mass is 35.5. The number of halogens is 2. The number of rotatable bonds is 5. The summed E-state index contributed by atoms with van der Waals surface area (Å²) in [5, 5.41) is 4.72. The van der Waals surface area contributed by atoms with E-state index in [4.69, 9.17) is 11.6 Å². The molecule has 0 aliphatic rings. The maximum absolute atomic E-state index is 13.3. The summed E-state index contributed by atoms with van der Waals surface area (Å²) in [6, 6.07) is 9.46. The van der Waals surface area contributed by atoms with Crippen LogP contribution in [0.5, 0.6) is 0 Å². The van der Waals surface area contributed by atoms with Crippen LogP contribution in [0, 0.1) is 33.5 Å². The van der Waals surface area contributed by atoms with E-state index in [2.05, 4.69) is 9.82 Å². The molecule has 0 aliphatic carbocycles. The summed E-state index contributed by atoms with van der Waals surface area (Å²) in [4.78, 5) is 0.237. The molecule has 28 heavy (non-hydrogen) atoms. The molecule has 3 aromatic rings. The molecule has 5 nitrogen and oxygen atoms in total. The summed E-state index contributed by atoms with van der Waals surface area (Å²) < 4.78 is 43.4. The van der Waals surface area contributed by atoms with Gasteiger partial charge in [-0.2, -0.15) is 5.10 Å². The average molecular weight is 422 g/mol. The minimum absolute atomic E-state index is 0.237. The number of anilines is 1. The molecule has 1 heterocycles. The maximum Gasteiger partial charge on any atom is 0.262 e. The molecule has 0 amide bonds. The van der Waals surface area contributed by atoms with Crippen LogP contribution in [-0.4, -0.2) is 18.2 Å². The van der Waals surface area contributed by atoms with Crippen LogP contribution in [0.25, 0.3) is 0 Å². The molecule has 0 saturated carbocycles. The fourth-order valence-corrected chi connectivity index (χ4v) is 4.73. The van der Waals surface area contributed by atoms with Gasteiger partial charge in [-0.1, -0.05) is 29.8 Å². The number of aryl methyl sites for hydroxylation is 3. The van der Waals surface area contributed by atoms with Gasteiger partial charge in [0.15, 0.2) is 0 Å². The fraction of sp³-hybridized carbons (Fsp3) is 0.250. The topological polar surface area (TPSA) is 64.0 Å². The van der Waals surface area contributed by atoms with Crippen molar-refractivity contribution in [2.24, 2.45) is 0 Å². The minimum Gasteiger partial charge on any atom is -0.276 e. The molecule has 0 unspecified atom stereocenters. The van der Waals surface area contributed by atoms with Gasteiger partial charge < -0.3 is 0 Å². The van der Waals surface area contributed by atoms with Crippen molar-refractivity contribution < 1.29 is 12.8 Å². The van der Waals surface area contributed by atoms with Gasteiger partial charge in [0.25, 0.3) is 10.0 Å². The molecule has 0 fully saturated rings. The van der Waals surface area contributed by atoms with Crippen LogP contribution >= 0.6 is 11.6 Å². The second-order valence-electron chi connectivity index (χ2n) is 6.81. The van der Waals surface area contributed by atoms with Gasteiger partial charge in [0.1, 0.15) is 5.82 Å². The van der Waals surface area contributed by atoms with Crippen molar-refractivity contribution in [1.82, 2.24) is 9.78 Å². The SMILES string of the molecule is Cc1ccc(C)c(S(=O)(=O)Nc2c(C)nn(Cc3ccc(F)cc3Cl)c2C)c1. The number of aromatic nitrogens is 2. The number of hydrogen-bond acceptors (Lipinski definition) is 3. The highest BCUT2D eigenvalue weighted by Gasteiger charge is 2.22. The predicted molar refractivity (Wildman–Crippen MR) is 109 cm³/mol. The second-order valence-corrected chi connectivity index (χ2v) is 8.87. The molecule has 0 atom stereocenters. The van der Waals surface area contributed by atoms with Crippen LogP contribution in [0.1, 0.15) is 28.1 Å². The van der Waals surface area contributed by atoms with Gasteiger partial charge in [0.05, 0.1) is 28.5 Å². The first-order chi connectivity index (χ1) is 13.1. The van der Waals surface area contributed by atoms with Gasteiger partial charge in [0, 0.05) is 5.02 Å². The lowest BCUT2D eigenvalue weighted by Crippen LogP contribution is -2.15. The van der Waals surface area contributed by atoms with E-state index in [-0.39, 0.29) is 4.90 Å². The third kappa shape index (κ3) is 4.05. The summed E-state index contributed by atoms with van der Waals surface area (Å²) in [6.45, 7) is 7.42. The normalized spacial score (nSPS) is 11.6. The summed E-state index contributed by atoms with van der Waals surface area (Å²) in [5.41, 5.74) is 3.84. The van der Waals surface area contributed by atoms with Crippen LogP contribution in [0.2, 0.25) is 5.02 Å². The molecular weight excluding hydrogens is 401 g/mol. The Morgan fingerprint density at radius 3 is 2.50 bits per heavy atom. The molecule has 0 radical (unpaired) electrons. The maximum atomic E-state index is 13.3. The third-order valence-electron chi connectivity index (χ3n) is 4.59. The van der Waals surface area contributed by atoms with Gasteiger partial charge in [-0.15, -0.1) is 0 Å². The van der Waals surface area contributed by atoms with E-state index < -0.39 is 15.8 Å². The Hall–Kier alpha value is -2.38. The molecule has 0 bridgehead atoms. The van der Waals surface area contributed by atoms with Crippen molar-refractivity contribution in [2.75, 3.05) is 4.72 Å². The largest absolute Gasteiger partial charge is 0.276 e. The van der Waals surface area contributed by atoms with E-state index in [1.54, 1.807) is 43.7 Å². The van der Waals surface area contributed by atoms with Gasteiger partial charge in [-0.25, -0.2) is 12.8 Å². The second kappa shape index (κ2) is 7.56. The van der Waals surface area contributed by atoms with E-state index in [1.165, 1.54) is 12.1 Å². The van der Waals surface area contributed by atoms with Crippen LogP contribution < -0.4 is 4.72 Å². The lowest BCUT2D eigenvalue weighted by Gasteiger charge is -2.12. The smallest absolute Gasteiger partial charge is 0.262 e. The molecule has 1 aromatic heterocycles. The molecule has 3 rings (SSSR count). The third-order valence-corrected chi connectivity index (χ3v) is 6.43. The fourth-order valence-electron chi connectivity index (χ4n) is 3.00. The summed E-state index contributed by atoms with van der Waals surface area (Å²) >= 11 is 6.10. The molecule has 1 N–H and O–H groups in total. The van der Waals surface area contributed by atoms with Crippen molar-refractivity contribution in [2.45, 2.75) is 39.1 Å². The number of hydrogen-bond donors (Lipinski definition) is 1. The summed E-state index contributed by atoms with van der Waals surface area (Å²) in [7, 11) is -3.76. The van der Waals surface area contributed by atoms with Crippen LogP contribution in [0.4, 0.5) is 10.1 Å². The number of nitrogens with one attached hydrogen (secondary N) is 1. The van der Waals surface area contributed by atoms with Crippen molar-refractivity contribution in [3.05, 3.63) is 75.3 Å². The first-order valence-electron chi connectivity index (χ1n) is 8.66. The van der Waals surface area contributed by atoms with E-state index in [1.807, 2.05) is 13.0 Å². The molecule has 8 heteroatoms. The number of benzene rings is 2. The summed E-state index contributed by atoms with van der Waals surface area (Å²) in [5.74, 6) is -0.413. The number of sulfonamides is 1. The molecule has 0 saturated heterocycles. The first-order valence-corrected chi connectivity index (χ1v) is 10.5. The molecule has 0 aliphatic heterocycles. The van der Waals surface area contributed by atoms with Gasteiger partial charge in [0.2, 0.25) is 0 Å². The van der Waals surface area contributed by atoms with Gasteiger partial charge in [-0.3, -0.25) is 9.40 Å². The van der Waals surface area contributed by atoms with Crippen LogP contribution in [0.15, 0.2) is 41.3 Å². The van der Waals surface area contributed by atoms with Crippen LogP contribution in [0.3, 0.4) is 0 Å². The summed E-state index contributed by atoms with van der Waals surface area (Å²) in [6.07, 6.45) is 0. The lowest BCUT2D eigenvalue weighted by molar-refractivity contribution is 0.600. The molecule has 148 valence electrons. The van der Waals surface area contributed by atoms with Crippen molar-refractivity contribution >= 4 is 27.3 Å². The Morgan fingerprint density at radius 1 is 1.11 bits per heavy atom. The Morgan fingerprint density at radius 2 is 1.82 bits per heavy atom. The first kappa shape index (κ1) is 20.4. The van der Waals surface area contributed by atoms with E-state index in [9.17, 15) is 12.8 Å². The highest BCUT2D eigenvalue weighted by Crippen LogP contribution is 2.27. The Kier molecular flexibility index (Phi) is 5.50. The standard InChI is InChI=1S/C20H21ClFN3O2S/c1-12-5-6-13(2)19(9-12)28(26,27)24-20-14(3)23-25(15(20)4)11-16-7-8-17(22)10-18(16)21/h5-10,24H,11H2,1-4H3. The van der Waals surface area contributed by atoms with Crippen LogP contribution in [-0.2, 0) is 16.6 Å². The Bertz CT molecular complexity index is 1160. The monoisotopic (exact) mass is 421 g/mol. The Labute approximate surface area is 169 Å². The van der Waals surface area contributed by atoms with Gasteiger partial charge >= 0.3 is 0 Å². The quantitative estimate of drug-likeness (QED) is 0.646. The Balaban J connectivity index is 1.95. The zero-order valence-electron chi connectivity index (χ0n) is 16.0. The minimum atomic E-state index is -3.76. The van der Waals surface area contributed by atoms with Gasteiger partial charge in [-0.05, 0) is 62.6 Å². The lowest BCUT2D eigenvalue weighted by atomic mass is 10.2. The van der Waals surface area contributed by atoms with Crippen molar-refractivity contribution in [1.29, 1.82) is 0 Å². The highest BCUT2D eigenvalue weighted by molar-refractivity contribution is 7.92. The predicted octanol–water partition coefficient (Wildman–Crippen LogP) is 4.76. The molecular formula is C20H21ClFN3O2S. The van der Waals surface area contributed by atoms with E-state index in [0.29, 0.717) is 39.8 Å². The van der Waals surface area contributed by atoms with Crippen molar-refractivity contribution in [3.63, 3.8) is 0 Å². The van der Waals surface area contributed by atoms with E-state index >= 15 is 0 Å². The zero-order chi connectivity index (χ0) is 20.6. The average Bonchev–Trinajstić information content (AvgIpc) is 2.86. The zero-order valence-corrected chi connectivity index (χ0v) is 17.6.